The van der Waals surface area contributed by atoms with Gasteiger partial charge in [0, 0.05) is 6.54 Å². The number of nitrogen functional groups attached to an aromatic ring is 1. The number of nitrogens with two attached hydrogens (primary N) is 1. The molecule has 0 radical (unpaired) electrons. The first-order chi connectivity index (χ1) is 8.86. The first-order valence-corrected chi connectivity index (χ1v) is 5.43. The van der Waals surface area contributed by atoms with Crippen LogP contribution in [-0.2, 0) is 11.0 Å². The Balaban J connectivity index is 2.86. The molecule has 1 rings (SSSR count). The van der Waals surface area contributed by atoms with E-state index < -0.39 is 11.7 Å². The fourth-order valence-corrected chi connectivity index (χ4v) is 1.29. The van der Waals surface area contributed by atoms with Gasteiger partial charge in [0.15, 0.2) is 0 Å². The molecule has 1 amide bonds. The van der Waals surface area contributed by atoms with Crippen LogP contribution in [0.4, 0.5) is 24.8 Å². The number of rotatable bonds is 5. The van der Waals surface area contributed by atoms with Gasteiger partial charge in [-0.3, -0.25) is 4.79 Å². The fraction of sp³-hybridized carbons (Fsp3) is 0.400. The molecule has 0 aliphatic heterocycles. The normalized spacial score (nSPS) is 11.0. The van der Waals surface area contributed by atoms with Gasteiger partial charge < -0.3 is 16.1 Å². The van der Waals surface area contributed by atoms with Crippen molar-refractivity contribution < 1.29 is 18.0 Å². The van der Waals surface area contributed by atoms with Crippen molar-refractivity contribution >= 4 is 17.5 Å². The van der Waals surface area contributed by atoms with E-state index in [1.165, 1.54) is 0 Å². The minimum atomic E-state index is -4.52. The van der Waals surface area contributed by atoms with E-state index in [9.17, 15) is 18.0 Å². The van der Waals surface area contributed by atoms with Gasteiger partial charge in [0.2, 0.25) is 5.91 Å². The average molecular weight is 277 g/mol. The number of carbonyl (C=O) groups excluding carboxylic acids is 1. The summed E-state index contributed by atoms with van der Waals surface area (Å²) in [5, 5.41) is 5.00. The van der Waals surface area contributed by atoms with E-state index in [4.69, 9.17) is 5.84 Å². The topological polar surface area (TPSA) is 92.1 Å². The average Bonchev–Trinajstić information content (AvgIpc) is 2.35. The molecule has 0 spiro atoms. The highest BCUT2D eigenvalue weighted by atomic mass is 19.4. The second-order valence-corrected chi connectivity index (χ2v) is 3.58. The highest BCUT2D eigenvalue weighted by Crippen LogP contribution is 2.31. The van der Waals surface area contributed by atoms with Crippen LogP contribution in [0.15, 0.2) is 12.1 Å². The smallest absolute Gasteiger partial charge is 0.361 e. The summed E-state index contributed by atoms with van der Waals surface area (Å²) in [6.45, 7) is 2.00. The molecule has 1 aromatic rings. The van der Waals surface area contributed by atoms with Crippen LogP contribution in [0, 0.1) is 0 Å². The van der Waals surface area contributed by atoms with Crippen LogP contribution in [0.3, 0.4) is 0 Å². The Morgan fingerprint density at radius 2 is 2.00 bits per heavy atom. The van der Waals surface area contributed by atoms with E-state index >= 15 is 0 Å². The van der Waals surface area contributed by atoms with E-state index in [1.54, 1.807) is 6.92 Å². The lowest BCUT2D eigenvalue weighted by Crippen LogP contribution is -2.29. The lowest BCUT2D eigenvalue weighted by Gasteiger charge is -2.12. The number of alkyl halides is 3. The second-order valence-electron chi connectivity index (χ2n) is 3.58. The molecule has 0 aromatic carbocycles. The Bertz CT molecular complexity index is 449. The van der Waals surface area contributed by atoms with Gasteiger partial charge in [-0.15, -0.1) is 0 Å². The van der Waals surface area contributed by atoms with E-state index in [-0.39, 0.29) is 24.1 Å². The van der Waals surface area contributed by atoms with Crippen LogP contribution < -0.4 is 21.9 Å². The zero-order chi connectivity index (χ0) is 14.5. The maximum Gasteiger partial charge on any atom is 0.416 e. The predicted molar refractivity (Wildman–Crippen MR) is 64.2 cm³/mol. The third kappa shape index (κ3) is 4.62. The number of pyridine rings is 1. The molecule has 1 heterocycles. The number of hydrogen-bond donors (Lipinski definition) is 4. The number of hydrogen-bond acceptors (Lipinski definition) is 5. The van der Waals surface area contributed by atoms with Crippen molar-refractivity contribution in [3.8, 4) is 0 Å². The molecule has 9 heteroatoms. The van der Waals surface area contributed by atoms with Crippen molar-refractivity contribution in [2.75, 3.05) is 23.8 Å². The molecule has 0 bridgehead atoms. The first kappa shape index (κ1) is 15.0. The predicted octanol–water partition coefficient (Wildman–Crippen LogP) is 0.934. The molecule has 1 aromatic heterocycles. The quantitative estimate of drug-likeness (QED) is 0.475. The molecule has 5 N–H and O–H groups in total. The standard InChI is InChI=1S/C10H14F3N5O/c1-2-15-9(19)5-16-7-3-6(10(11,12)13)4-8(17-7)18-14/h3-4H,2,5,14H2,1H3,(H,15,19)(H2,16,17,18). The molecule has 0 unspecified atom stereocenters. The van der Waals surface area contributed by atoms with Crippen molar-refractivity contribution in [2.45, 2.75) is 13.1 Å². The van der Waals surface area contributed by atoms with E-state index in [1.807, 2.05) is 5.43 Å². The monoisotopic (exact) mass is 277 g/mol. The summed E-state index contributed by atoms with van der Waals surface area (Å²) in [7, 11) is 0. The summed E-state index contributed by atoms with van der Waals surface area (Å²) in [5.41, 5.74) is 1.13. The summed E-state index contributed by atoms with van der Waals surface area (Å²) in [5.74, 6) is 4.47. The number of aromatic nitrogens is 1. The second kappa shape index (κ2) is 6.23. The molecule has 0 aliphatic rings. The number of anilines is 2. The summed E-state index contributed by atoms with van der Waals surface area (Å²) < 4.78 is 37.8. The summed E-state index contributed by atoms with van der Waals surface area (Å²) >= 11 is 0. The lowest BCUT2D eigenvalue weighted by atomic mass is 10.2. The molecule has 0 saturated heterocycles. The highest BCUT2D eigenvalue weighted by molar-refractivity contribution is 5.80. The SMILES string of the molecule is CCNC(=O)CNc1cc(C(F)(F)F)cc(NN)n1. The highest BCUT2D eigenvalue weighted by Gasteiger charge is 2.31. The number of carbonyl (C=O) groups is 1. The molecule has 106 valence electrons. The van der Waals surface area contributed by atoms with Gasteiger partial charge in [-0.2, -0.15) is 13.2 Å². The number of nitrogens with zero attached hydrogens (tertiary/aromatic N) is 1. The van der Waals surface area contributed by atoms with E-state index in [2.05, 4.69) is 15.6 Å². The first-order valence-electron chi connectivity index (χ1n) is 5.43. The van der Waals surface area contributed by atoms with Crippen molar-refractivity contribution in [3.63, 3.8) is 0 Å². The van der Waals surface area contributed by atoms with Gasteiger partial charge in [-0.25, -0.2) is 10.8 Å². The number of amides is 1. The van der Waals surface area contributed by atoms with Gasteiger partial charge in [0.1, 0.15) is 11.6 Å². The third-order valence-electron chi connectivity index (χ3n) is 2.10. The molecule has 19 heavy (non-hydrogen) atoms. The van der Waals surface area contributed by atoms with Crippen molar-refractivity contribution in [2.24, 2.45) is 5.84 Å². The molecule has 6 nitrogen and oxygen atoms in total. The van der Waals surface area contributed by atoms with Crippen LogP contribution >= 0.6 is 0 Å². The largest absolute Gasteiger partial charge is 0.416 e. The number of hydrazine groups is 1. The molecule has 0 fully saturated rings. The van der Waals surface area contributed by atoms with Gasteiger partial charge in [0.25, 0.3) is 0 Å². The number of nitrogens with one attached hydrogen (secondary N) is 3. The summed E-state index contributed by atoms with van der Waals surface area (Å²) in [4.78, 5) is 15.0. The van der Waals surface area contributed by atoms with Crippen molar-refractivity contribution in [1.82, 2.24) is 10.3 Å². The zero-order valence-corrected chi connectivity index (χ0v) is 10.1. The lowest BCUT2D eigenvalue weighted by molar-refractivity contribution is -0.137. The van der Waals surface area contributed by atoms with E-state index in [0.717, 1.165) is 12.1 Å². The van der Waals surface area contributed by atoms with Crippen LogP contribution in [0.5, 0.6) is 0 Å². The Labute approximate surface area is 107 Å². The van der Waals surface area contributed by atoms with Gasteiger partial charge in [-0.1, -0.05) is 0 Å². The Morgan fingerprint density at radius 1 is 1.37 bits per heavy atom. The van der Waals surface area contributed by atoms with E-state index in [0.29, 0.717) is 6.54 Å². The minimum Gasteiger partial charge on any atom is -0.361 e. The van der Waals surface area contributed by atoms with Gasteiger partial charge >= 0.3 is 6.18 Å². The number of halogens is 3. The van der Waals surface area contributed by atoms with Crippen LogP contribution in [0.1, 0.15) is 12.5 Å². The van der Waals surface area contributed by atoms with Crippen molar-refractivity contribution in [1.29, 1.82) is 0 Å². The third-order valence-corrected chi connectivity index (χ3v) is 2.10. The maximum absolute atomic E-state index is 12.6. The maximum atomic E-state index is 12.6. The molecular weight excluding hydrogens is 263 g/mol. The van der Waals surface area contributed by atoms with Crippen molar-refractivity contribution in [3.05, 3.63) is 17.7 Å². The number of likely N-dealkylation sites (N-methyl/N-ethyl adjacent to an activating group) is 1. The van der Waals surface area contributed by atoms with Gasteiger partial charge in [-0.05, 0) is 19.1 Å². The van der Waals surface area contributed by atoms with Crippen LogP contribution in [0.2, 0.25) is 0 Å². The Hall–Kier alpha value is -2.03. The summed E-state index contributed by atoms with van der Waals surface area (Å²) in [6, 6.07) is 1.58. The molecule has 0 aliphatic carbocycles. The molecule has 0 saturated carbocycles. The minimum absolute atomic E-state index is 0.0889. The van der Waals surface area contributed by atoms with Crippen LogP contribution in [0.25, 0.3) is 0 Å². The summed E-state index contributed by atoms with van der Waals surface area (Å²) in [6.07, 6.45) is -4.52. The molecular formula is C10H14F3N5O. The van der Waals surface area contributed by atoms with Gasteiger partial charge in [0.05, 0.1) is 12.1 Å². The molecule has 0 atom stereocenters. The zero-order valence-electron chi connectivity index (χ0n) is 10.1. The van der Waals surface area contributed by atoms with Crippen LogP contribution in [-0.4, -0.2) is 24.0 Å². The fourth-order valence-electron chi connectivity index (χ4n) is 1.29. The Kier molecular flexibility index (Phi) is 4.93. The Morgan fingerprint density at radius 3 is 2.53 bits per heavy atom.